The van der Waals surface area contributed by atoms with Crippen LogP contribution in [0.5, 0.6) is 0 Å². The van der Waals surface area contributed by atoms with Crippen molar-refractivity contribution in [3.63, 3.8) is 0 Å². The van der Waals surface area contributed by atoms with Gasteiger partial charge in [-0.3, -0.25) is 14.4 Å². The molecular formula is C29H37N4O3. The topological polar surface area (TPSA) is 105 Å². The Morgan fingerprint density at radius 2 is 1.83 bits per heavy atom. The molecule has 1 heterocycles. The summed E-state index contributed by atoms with van der Waals surface area (Å²) in [6.07, 6.45) is 4.68. The summed E-state index contributed by atoms with van der Waals surface area (Å²) in [4.78, 5) is 41.7. The van der Waals surface area contributed by atoms with Crippen molar-refractivity contribution < 1.29 is 14.4 Å². The molecule has 0 bridgehead atoms. The Morgan fingerprint density at radius 1 is 1.08 bits per heavy atom. The van der Waals surface area contributed by atoms with E-state index < -0.39 is 17.5 Å². The van der Waals surface area contributed by atoms with E-state index in [1.54, 1.807) is 11.8 Å². The molecule has 2 aromatic rings. The highest BCUT2D eigenvalue weighted by Crippen LogP contribution is 2.32. The number of fused-ring (bicyclic) bond motifs is 2. The number of amides is 3. The van der Waals surface area contributed by atoms with Crippen LogP contribution < -0.4 is 16.4 Å². The van der Waals surface area contributed by atoms with Crippen LogP contribution >= 0.6 is 0 Å². The molecule has 0 spiro atoms. The third kappa shape index (κ3) is 5.40. The van der Waals surface area contributed by atoms with Crippen LogP contribution in [-0.4, -0.2) is 34.7 Å². The molecule has 1 aliphatic carbocycles. The number of hydrogen-bond donors (Lipinski definition) is 3. The molecule has 3 amide bonds. The number of nitrogen functional groups attached to an aromatic ring is 1. The van der Waals surface area contributed by atoms with Crippen LogP contribution in [0.2, 0.25) is 0 Å². The summed E-state index contributed by atoms with van der Waals surface area (Å²) in [5.74, 6) is -0.756. The second kappa shape index (κ2) is 10.3. The fraction of sp³-hybridized carbons (Fsp3) is 0.448. The van der Waals surface area contributed by atoms with E-state index in [1.807, 2.05) is 51.1 Å². The highest BCUT2D eigenvalue weighted by Gasteiger charge is 2.42. The third-order valence-electron chi connectivity index (χ3n) is 7.29. The van der Waals surface area contributed by atoms with E-state index in [2.05, 4.69) is 22.8 Å². The Morgan fingerprint density at radius 3 is 2.56 bits per heavy atom. The Kier molecular flexibility index (Phi) is 7.38. The lowest BCUT2D eigenvalue weighted by Crippen LogP contribution is -2.60. The number of nitrogens with one attached hydrogen (secondary N) is 2. The molecule has 1 aliphatic heterocycles. The van der Waals surface area contributed by atoms with E-state index in [1.165, 1.54) is 12.0 Å². The standard InChI is InChI=1S/C29H37N4O3/c1-5-25(34)32-26(29(2,3)4)28(36)33-17-20-15-21(30)14-13-19(20)16-24(33)27(35)31-23-12-8-10-18-9-6-7-11-22(18)23/h5-7,9,11,13-15,23-24,26H,8,10,12,16-17,30H2,1-4H3,(H,31,35)(H,32,34)/t23-,24+,26-/m1/s1. The first-order valence-electron chi connectivity index (χ1n) is 12.7. The van der Waals surface area contributed by atoms with Gasteiger partial charge in [0.25, 0.3) is 0 Å². The van der Waals surface area contributed by atoms with Gasteiger partial charge in [-0.2, -0.15) is 0 Å². The Labute approximate surface area is 213 Å². The minimum Gasteiger partial charge on any atom is -0.399 e. The molecule has 3 atom stereocenters. The largest absolute Gasteiger partial charge is 0.399 e. The van der Waals surface area contributed by atoms with Gasteiger partial charge in [0.1, 0.15) is 12.1 Å². The van der Waals surface area contributed by atoms with Crippen molar-refractivity contribution in [3.05, 3.63) is 71.1 Å². The molecule has 0 aromatic heterocycles. The SMILES string of the molecule is C[CH]C(=O)N[C@H](C(=O)N1Cc2cc(N)ccc2C[C@H]1C(=O)N[C@@H]1CCCc2ccccc21)C(C)(C)C. The fourth-order valence-corrected chi connectivity index (χ4v) is 5.28. The van der Waals surface area contributed by atoms with Gasteiger partial charge in [-0.1, -0.05) is 58.0 Å². The molecule has 0 fully saturated rings. The maximum Gasteiger partial charge on any atom is 0.246 e. The Hall–Kier alpha value is -3.35. The number of nitrogens with zero attached hydrogens (tertiary/aromatic N) is 1. The zero-order chi connectivity index (χ0) is 26.0. The molecule has 4 N–H and O–H groups in total. The van der Waals surface area contributed by atoms with Crippen molar-refractivity contribution in [1.82, 2.24) is 15.5 Å². The summed E-state index contributed by atoms with van der Waals surface area (Å²) in [5, 5.41) is 6.10. The van der Waals surface area contributed by atoms with E-state index in [0.29, 0.717) is 12.1 Å². The van der Waals surface area contributed by atoms with Crippen molar-refractivity contribution in [2.24, 2.45) is 5.41 Å². The average Bonchev–Trinajstić information content (AvgIpc) is 2.85. The Balaban J connectivity index is 1.65. The number of benzene rings is 2. The van der Waals surface area contributed by atoms with E-state index >= 15 is 0 Å². The van der Waals surface area contributed by atoms with Gasteiger partial charge in [0.2, 0.25) is 17.7 Å². The minimum absolute atomic E-state index is 0.0833. The second-order valence-electron chi connectivity index (χ2n) is 11.0. The van der Waals surface area contributed by atoms with Crippen molar-refractivity contribution >= 4 is 23.4 Å². The Bertz CT molecular complexity index is 1150. The number of anilines is 1. The lowest BCUT2D eigenvalue weighted by molar-refractivity contribution is -0.147. The lowest BCUT2D eigenvalue weighted by atomic mass is 9.83. The van der Waals surface area contributed by atoms with Crippen LogP contribution in [0.25, 0.3) is 0 Å². The zero-order valence-electron chi connectivity index (χ0n) is 21.6. The van der Waals surface area contributed by atoms with Gasteiger partial charge in [-0.15, -0.1) is 0 Å². The second-order valence-corrected chi connectivity index (χ2v) is 11.0. The number of hydrogen-bond acceptors (Lipinski definition) is 4. The molecule has 191 valence electrons. The molecular weight excluding hydrogens is 452 g/mol. The summed E-state index contributed by atoms with van der Waals surface area (Å²) < 4.78 is 0. The van der Waals surface area contributed by atoms with Gasteiger partial charge in [-0.25, -0.2) is 0 Å². The van der Waals surface area contributed by atoms with Crippen LogP contribution in [0.4, 0.5) is 5.69 Å². The maximum absolute atomic E-state index is 14.0. The number of nitrogens with two attached hydrogens (primary N) is 1. The minimum atomic E-state index is -0.783. The van der Waals surface area contributed by atoms with Crippen LogP contribution in [0.3, 0.4) is 0 Å². The van der Waals surface area contributed by atoms with Crippen molar-refractivity contribution in [2.75, 3.05) is 5.73 Å². The quantitative estimate of drug-likeness (QED) is 0.560. The van der Waals surface area contributed by atoms with E-state index in [0.717, 1.165) is 36.0 Å². The van der Waals surface area contributed by atoms with Crippen molar-refractivity contribution in [1.29, 1.82) is 0 Å². The highest BCUT2D eigenvalue weighted by molar-refractivity contribution is 5.94. The predicted molar refractivity (Wildman–Crippen MR) is 141 cm³/mol. The van der Waals surface area contributed by atoms with Crippen LogP contribution in [0.1, 0.15) is 68.8 Å². The van der Waals surface area contributed by atoms with E-state index in [-0.39, 0.29) is 30.3 Å². The maximum atomic E-state index is 14.0. The average molecular weight is 490 g/mol. The zero-order valence-corrected chi connectivity index (χ0v) is 21.6. The van der Waals surface area contributed by atoms with Gasteiger partial charge in [0, 0.05) is 25.1 Å². The third-order valence-corrected chi connectivity index (χ3v) is 7.29. The molecule has 4 rings (SSSR count). The van der Waals surface area contributed by atoms with Gasteiger partial charge in [-0.05, 0) is 59.1 Å². The number of carbonyl (C=O) groups is 3. The highest BCUT2D eigenvalue weighted by atomic mass is 16.2. The number of rotatable bonds is 5. The van der Waals surface area contributed by atoms with E-state index in [4.69, 9.17) is 5.73 Å². The smallest absolute Gasteiger partial charge is 0.246 e. The van der Waals surface area contributed by atoms with E-state index in [9.17, 15) is 14.4 Å². The number of carbonyl (C=O) groups excluding carboxylic acids is 3. The fourth-order valence-electron chi connectivity index (χ4n) is 5.28. The van der Waals surface area contributed by atoms with Crippen molar-refractivity contribution in [2.45, 2.75) is 78.0 Å². The van der Waals surface area contributed by atoms with Crippen LogP contribution in [0, 0.1) is 11.8 Å². The monoisotopic (exact) mass is 489 g/mol. The van der Waals surface area contributed by atoms with Gasteiger partial charge in [0.05, 0.1) is 6.04 Å². The molecule has 1 radical (unpaired) electrons. The molecule has 7 nitrogen and oxygen atoms in total. The van der Waals surface area contributed by atoms with Crippen LogP contribution in [0.15, 0.2) is 42.5 Å². The normalized spacial score (nSPS) is 20.1. The first-order valence-corrected chi connectivity index (χ1v) is 12.7. The molecule has 36 heavy (non-hydrogen) atoms. The predicted octanol–water partition coefficient (Wildman–Crippen LogP) is 3.47. The first kappa shape index (κ1) is 25.7. The molecule has 7 heteroatoms. The van der Waals surface area contributed by atoms with Gasteiger partial charge < -0.3 is 21.3 Å². The summed E-state index contributed by atoms with van der Waals surface area (Å²) in [5.41, 5.74) is 10.5. The molecule has 0 saturated heterocycles. The van der Waals surface area contributed by atoms with Gasteiger partial charge >= 0.3 is 0 Å². The summed E-state index contributed by atoms with van der Waals surface area (Å²) in [6.45, 7) is 7.63. The summed E-state index contributed by atoms with van der Waals surface area (Å²) in [6, 6.07) is 12.3. The molecule has 0 unspecified atom stereocenters. The number of aryl methyl sites for hydroxylation is 1. The molecule has 2 aliphatic rings. The van der Waals surface area contributed by atoms with Gasteiger partial charge in [0.15, 0.2) is 0 Å². The molecule has 2 aromatic carbocycles. The lowest BCUT2D eigenvalue weighted by Gasteiger charge is -2.41. The van der Waals surface area contributed by atoms with Crippen molar-refractivity contribution in [3.8, 4) is 0 Å². The summed E-state index contributed by atoms with van der Waals surface area (Å²) >= 11 is 0. The van der Waals surface area contributed by atoms with Crippen LogP contribution in [-0.2, 0) is 33.8 Å². The summed E-state index contributed by atoms with van der Waals surface area (Å²) in [7, 11) is 0. The first-order chi connectivity index (χ1) is 17.1. The molecule has 0 saturated carbocycles.